The standard InChI is InChI=1S/C17H18N4O2S/c1-11-15(12(2)21-17(20-11)18-10-19-21)8-16(22)23-9-13-4-6-14(24-3)7-5-13/h4-7,10H,8-9H2,1-3H3. The number of benzene rings is 1. The van der Waals surface area contributed by atoms with Crippen LogP contribution in [0.2, 0.25) is 0 Å². The SMILES string of the molecule is CSc1ccc(COC(=O)Cc2c(C)nc3ncnn3c2C)cc1. The quantitative estimate of drug-likeness (QED) is 0.524. The molecule has 2 heterocycles. The number of thioether (sulfide) groups is 1. The molecule has 0 unspecified atom stereocenters. The van der Waals surface area contributed by atoms with E-state index in [9.17, 15) is 4.79 Å². The zero-order chi connectivity index (χ0) is 17.1. The van der Waals surface area contributed by atoms with Crippen LogP contribution in [0.4, 0.5) is 0 Å². The summed E-state index contributed by atoms with van der Waals surface area (Å²) in [5.41, 5.74) is 3.43. The Balaban J connectivity index is 1.68. The third-order valence-electron chi connectivity index (χ3n) is 3.87. The van der Waals surface area contributed by atoms with Crippen molar-refractivity contribution in [2.75, 3.05) is 6.26 Å². The number of aromatic nitrogens is 4. The summed E-state index contributed by atoms with van der Waals surface area (Å²) in [6.07, 6.45) is 3.65. The monoisotopic (exact) mass is 342 g/mol. The highest BCUT2D eigenvalue weighted by molar-refractivity contribution is 7.98. The van der Waals surface area contributed by atoms with Gasteiger partial charge < -0.3 is 4.74 Å². The maximum absolute atomic E-state index is 12.2. The maximum Gasteiger partial charge on any atom is 0.310 e. The highest BCUT2D eigenvalue weighted by Crippen LogP contribution is 2.17. The van der Waals surface area contributed by atoms with E-state index in [1.54, 1.807) is 16.3 Å². The third kappa shape index (κ3) is 3.41. The summed E-state index contributed by atoms with van der Waals surface area (Å²) in [5.74, 6) is 0.257. The maximum atomic E-state index is 12.2. The van der Waals surface area contributed by atoms with Gasteiger partial charge >= 0.3 is 5.97 Å². The number of aryl methyl sites for hydroxylation is 2. The molecule has 0 aliphatic rings. The van der Waals surface area contributed by atoms with E-state index >= 15 is 0 Å². The molecule has 124 valence electrons. The average molecular weight is 342 g/mol. The van der Waals surface area contributed by atoms with Crippen molar-refractivity contribution < 1.29 is 9.53 Å². The molecule has 0 aliphatic carbocycles. The third-order valence-corrected chi connectivity index (χ3v) is 4.61. The molecule has 3 rings (SSSR count). The Morgan fingerprint density at radius 2 is 2.00 bits per heavy atom. The van der Waals surface area contributed by atoms with Crippen molar-refractivity contribution in [1.29, 1.82) is 0 Å². The molecule has 6 nitrogen and oxygen atoms in total. The molecule has 0 spiro atoms. The molecule has 1 aromatic carbocycles. The first-order valence-electron chi connectivity index (χ1n) is 7.53. The van der Waals surface area contributed by atoms with Gasteiger partial charge in [0, 0.05) is 21.8 Å². The normalized spacial score (nSPS) is 11.0. The highest BCUT2D eigenvalue weighted by Gasteiger charge is 2.15. The molecule has 0 saturated heterocycles. The van der Waals surface area contributed by atoms with Crippen molar-refractivity contribution in [1.82, 2.24) is 19.6 Å². The first-order valence-corrected chi connectivity index (χ1v) is 8.75. The number of esters is 1. The second kappa shape index (κ2) is 7.00. The average Bonchev–Trinajstić information content (AvgIpc) is 3.05. The molecule has 0 atom stereocenters. The Morgan fingerprint density at radius 1 is 1.25 bits per heavy atom. The van der Waals surface area contributed by atoms with Gasteiger partial charge in [0.25, 0.3) is 5.78 Å². The fourth-order valence-corrected chi connectivity index (χ4v) is 2.90. The Morgan fingerprint density at radius 3 is 2.71 bits per heavy atom. The van der Waals surface area contributed by atoms with E-state index in [2.05, 4.69) is 15.1 Å². The Labute approximate surface area is 144 Å². The predicted molar refractivity (Wildman–Crippen MR) is 92.0 cm³/mol. The molecular formula is C17H18N4O2S. The molecule has 0 N–H and O–H groups in total. The molecule has 0 fully saturated rings. The molecule has 0 aliphatic heterocycles. The van der Waals surface area contributed by atoms with Crippen LogP contribution in [0.15, 0.2) is 35.5 Å². The van der Waals surface area contributed by atoms with Gasteiger partial charge in [-0.15, -0.1) is 11.8 Å². The lowest BCUT2D eigenvalue weighted by Crippen LogP contribution is -2.13. The van der Waals surface area contributed by atoms with Gasteiger partial charge in [-0.1, -0.05) is 12.1 Å². The van der Waals surface area contributed by atoms with Crippen LogP contribution >= 0.6 is 11.8 Å². The Hall–Kier alpha value is -2.41. The fraction of sp³-hybridized carbons (Fsp3) is 0.294. The van der Waals surface area contributed by atoms with Crippen LogP contribution < -0.4 is 0 Å². The van der Waals surface area contributed by atoms with Crippen molar-refractivity contribution in [3.8, 4) is 0 Å². The number of carbonyl (C=O) groups excluding carboxylic acids is 1. The van der Waals surface area contributed by atoms with Crippen LogP contribution in [0.5, 0.6) is 0 Å². The number of nitrogens with zero attached hydrogens (tertiary/aromatic N) is 4. The second-order valence-corrected chi connectivity index (χ2v) is 6.30. The van der Waals surface area contributed by atoms with Crippen LogP contribution in [0, 0.1) is 13.8 Å². The molecule has 0 radical (unpaired) electrons. The van der Waals surface area contributed by atoms with Crippen molar-refractivity contribution >= 4 is 23.5 Å². The largest absolute Gasteiger partial charge is 0.461 e. The van der Waals surface area contributed by atoms with Gasteiger partial charge in [-0.25, -0.2) is 9.50 Å². The van der Waals surface area contributed by atoms with Gasteiger partial charge in [-0.3, -0.25) is 4.79 Å². The van der Waals surface area contributed by atoms with E-state index in [0.717, 1.165) is 22.5 Å². The minimum Gasteiger partial charge on any atom is -0.461 e. The van der Waals surface area contributed by atoms with Crippen molar-refractivity contribution in [3.63, 3.8) is 0 Å². The van der Waals surface area contributed by atoms with Gasteiger partial charge in [0.05, 0.1) is 6.42 Å². The first-order chi connectivity index (χ1) is 11.6. The summed E-state index contributed by atoms with van der Waals surface area (Å²) in [7, 11) is 0. The fourth-order valence-electron chi connectivity index (χ4n) is 2.49. The van der Waals surface area contributed by atoms with E-state index in [-0.39, 0.29) is 19.0 Å². The van der Waals surface area contributed by atoms with E-state index in [1.165, 1.54) is 11.2 Å². The molecule has 3 aromatic rings. The van der Waals surface area contributed by atoms with Crippen LogP contribution in [0.25, 0.3) is 5.78 Å². The molecular weight excluding hydrogens is 324 g/mol. The summed E-state index contributed by atoms with van der Waals surface area (Å²) in [6, 6.07) is 7.98. The molecule has 24 heavy (non-hydrogen) atoms. The van der Waals surface area contributed by atoms with Crippen molar-refractivity contribution in [3.05, 3.63) is 53.1 Å². The summed E-state index contributed by atoms with van der Waals surface area (Å²) < 4.78 is 7.03. The van der Waals surface area contributed by atoms with Crippen LogP contribution in [0.3, 0.4) is 0 Å². The van der Waals surface area contributed by atoms with E-state index in [1.807, 2.05) is 44.4 Å². The van der Waals surface area contributed by atoms with Crippen molar-refractivity contribution in [2.45, 2.75) is 31.8 Å². The minimum atomic E-state index is -0.281. The second-order valence-electron chi connectivity index (χ2n) is 5.42. The van der Waals surface area contributed by atoms with Crippen LogP contribution in [0.1, 0.15) is 22.5 Å². The van der Waals surface area contributed by atoms with Crippen LogP contribution in [-0.2, 0) is 22.6 Å². The minimum absolute atomic E-state index is 0.170. The van der Waals surface area contributed by atoms with E-state index in [4.69, 9.17) is 4.74 Å². The summed E-state index contributed by atoms with van der Waals surface area (Å²) in [4.78, 5) is 21.8. The summed E-state index contributed by atoms with van der Waals surface area (Å²) in [5, 5.41) is 4.13. The number of hydrogen-bond donors (Lipinski definition) is 0. The molecule has 0 bridgehead atoms. The summed E-state index contributed by atoms with van der Waals surface area (Å²) >= 11 is 1.68. The van der Waals surface area contributed by atoms with Gasteiger partial charge in [0.15, 0.2) is 0 Å². The topological polar surface area (TPSA) is 69.4 Å². The predicted octanol–water partition coefficient (Wildman–Crippen LogP) is 2.75. The smallest absolute Gasteiger partial charge is 0.310 e. The van der Waals surface area contributed by atoms with E-state index in [0.29, 0.717) is 5.78 Å². The Kier molecular flexibility index (Phi) is 4.80. The number of ether oxygens (including phenoxy) is 1. The van der Waals surface area contributed by atoms with Gasteiger partial charge in [-0.05, 0) is 37.8 Å². The Bertz CT molecular complexity index is 874. The molecule has 2 aromatic heterocycles. The number of rotatable bonds is 5. The summed E-state index contributed by atoms with van der Waals surface area (Å²) in [6.45, 7) is 4.04. The molecule has 0 amide bonds. The van der Waals surface area contributed by atoms with Crippen LogP contribution in [-0.4, -0.2) is 31.8 Å². The lowest BCUT2D eigenvalue weighted by Gasteiger charge is -2.10. The zero-order valence-corrected chi connectivity index (χ0v) is 14.6. The van der Waals surface area contributed by atoms with Gasteiger partial charge in [0.1, 0.15) is 12.9 Å². The van der Waals surface area contributed by atoms with E-state index < -0.39 is 0 Å². The number of fused-ring (bicyclic) bond motifs is 1. The van der Waals surface area contributed by atoms with Gasteiger partial charge in [-0.2, -0.15) is 10.1 Å². The number of carbonyl (C=O) groups is 1. The highest BCUT2D eigenvalue weighted by atomic mass is 32.2. The molecule has 7 heteroatoms. The molecule has 0 saturated carbocycles. The lowest BCUT2D eigenvalue weighted by molar-refractivity contribution is -0.144. The number of hydrogen-bond acceptors (Lipinski definition) is 6. The van der Waals surface area contributed by atoms with Gasteiger partial charge in [0.2, 0.25) is 0 Å². The zero-order valence-electron chi connectivity index (χ0n) is 13.8. The lowest BCUT2D eigenvalue weighted by atomic mass is 10.1. The van der Waals surface area contributed by atoms with Crippen molar-refractivity contribution in [2.24, 2.45) is 0 Å². The first kappa shape index (κ1) is 16.4.